The third-order valence-electron chi connectivity index (χ3n) is 1.39. The quantitative estimate of drug-likeness (QED) is 0.567. The normalized spacial score (nSPS) is 11.1. The van der Waals surface area contributed by atoms with Gasteiger partial charge < -0.3 is 4.52 Å². The molecule has 0 aliphatic heterocycles. The first-order valence-corrected chi connectivity index (χ1v) is 3.41. The first-order chi connectivity index (χ1) is 5.04. The zero-order valence-electron chi connectivity index (χ0n) is 6.88. The maximum atomic E-state index is 8.43. The molecule has 0 saturated heterocycles. The van der Waals surface area contributed by atoms with Gasteiger partial charge in [-0.2, -0.15) is 5.26 Å². The second kappa shape index (κ2) is 2.39. The summed E-state index contributed by atoms with van der Waals surface area (Å²) in [6, 6.07) is 3.56. The maximum Gasteiger partial charge on any atom is 0.236 e. The average molecular weight is 150 g/mol. The van der Waals surface area contributed by atoms with E-state index in [1.165, 1.54) is 0 Å². The Labute approximate surface area is 65.6 Å². The van der Waals surface area contributed by atoms with E-state index in [2.05, 4.69) is 5.16 Å². The van der Waals surface area contributed by atoms with E-state index in [1.807, 2.05) is 26.8 Å². The van der Waals surface area contributed by atoms with Crippen molar-refractivity contribution in [3.05, 3.63) is 17.5 Å². The Bertz CT molecular complexity index is 288. The minimum Gasteiger partial charge on any atom is -0.345 e. The second-order valence-electron chi connectivity index (χ2n) is 3.44. The number of rotatable bonds is 0. The lowest BCUT2D eigenvalue weighted by Gasteiger charge is -2.12. The molecule has 0 aromatic carbocycles. The first kappa shape index (κ1) is 7.80. The van der Waals surface area contributed by atoms with Crippen LogP contribution in [0.1, 0.15) is 32.2 Å². The van der Waals surface area contributed by atoms with Crippen LogP contribution in [0.25, 0.3) is 0 Å². The van der Waals surface area contributed by atoms with E-state index >= 15 is 0 Å². The summed E-state index contributed by atoms with van der Waals surface area (Å²) in [6.45, 7) is 6.06. The van der Waals surface area contributed by atoms with E-state index in [0.717, 1.165) is 5.69 Å². The Morgan fingerprint density at radius 3 is 2.45 bits per heavy atom. The Morgan fingerprint density at radius 2 is 2.18 bits per heavy atom. The molecule has 0 N–H and O–H groups in total. The van der Waals surface area contributed by atoms with Crippen molar-refractivity contribution in [3.63, 3.8) is 0 Å². The van der Waals surface area contributed by atoms with Gasteiger partial charge in [-0.05, 0) is 0 Å². The summed E-state index contributed by atoms with van der Waals surface area (Å²) in [5.74, 6) is 0.273. The third-order valence-corrected chi connectivity index (χ3v) is 1.39. The summed E-state index contributed by atoms with van der Waals surface area (Å²) in [4.78, 5) is 0. The fraction of sp³-hybridized carbons (Fsp3) is 0.500. The van der Waals surface area contributed by atoms with Crippen molar-refractivity contribution in [2.45, 2.75) is 26.2 Å². The second-order valence-corrected chi connectivity index (χ2v) is 3.44. The predicted octanol–water partition coefficient (Wildman–Crippen LogP) is 1.84. The van der Waals surface area contributed by atoms with Crippen LogP contribution < -0.4 is 0 Å². The van der Waals surface area contributed by atoms with Crippen LogP contribution in [0.5, 0.6) is 0 Å². The van der Waals surface area contributed by atoms with E-state index in [9.17, 15) is 0 Å². The zero-order chi connectivity index (χ0) is 8.48. The molecule has 0 aliphatic rings. The van der Waals surface area contributed by atoms with Gasteiger partial charge in [0, 0.05) is 11.5 Å². The van der Waals surface area contributed by atoms with Crippen molar-refractivity contribution in [2.75, 3.05) is 0 Å². The Morgan fingerprint density at radius 1 is 1.55 bits per heavy atom. The molecule has 3 heteroatoms. The largest absolute Gasteiger partial charge is 0.345 e. The van der Waals surface area contributed by atoms with Gasteiger partial charge in [-0.15, -0.1) is 0 Å². The highest BCUT2D eigenvalue weighted by atomic mass is 16.5. The number of aromatic nitrogens is 1. The van der Waals surface area contributed by atoms with Gasteiger partial charge in [-0.25, -0.2) is 0 Å². The molecule has 0 radical (unpaired) electrons. The van der Waals surface area contributed by atoms with Gasteiger partial charge in [0.25, 0.3) is 0 Å². The molecule has 0 saturated carbocycles. The van der Waals surface area contributed by atoms with Crippen molar-refractivity contribution >= 4 is 0 Å². The number of hydrogen-bond acceptors (Lipinski definition) is 3. The number of hydrogen-bond donors (Lipinski definition) is 0. The van der Waals surface area contributed by atoms with Gasteiger partial charge in [-0.1, -0.05) is 25.9 Å². The highest BCUT2D eigenvalue weighted by molar-refractivity contribution is 5.22. The zero-order valence-corrected chi connectivity index (χ0v) is 6.88. The van der Waals surface area contributed by atoms with Crippen molar-refractivity contribution < 1.29 is 4.52 Å². The van der Waals surface area contributed by atoms with Crippen LogP contribution >= 0.6 is 0 Å². The average Bonchev–Trinajstić information content (AvgIpc) is 2.32. The van der Waals surface area contributed by atoms with Crippen molar-refractivity contribution in [3.8, 4) is 6.07 Å². The molecule has 0 aliphatic carbocycles. The van der Waals surface area contributed by atoms with Gasteiger partial charge in [0.15, 0.2) is 0 Å². The molecule has 0 spiro atoms. The standard InChI is InChI=1S/C8H10N2O/c1-8(2,3)7-4-6(5-9)11-10-7/h4H,1-3H3. The highest BCUT2D eigenvalue weighted by Gasteiger charge is 2.18. The van der Waals surface area contributed by atoms with Crippen LogP contribution in [0.3, 0.4) is 0 Å². The minimum atomic E-state index is -0.0431. The summed E-state index contributed by atoms with van der Waals surface area (Å²) in [7, 11) is 0. The topological polar surface area (TPSA) is 49.8 Å². The maximum absolute atomic E-state index is 8.43. The number of nitriles is 1. The van der Waals surface area contributed by atoms with Crippen molar-refractivity contribution in [2.24, 2.45) is 0 Å². The molecule has 0 amide bonds. The van der Waals surface area contributed by atoms with Crippen molar-refractivity contribution in [1.29, 1.82) is 5.26 Å². The molecule has 1 heterocycles. The first-order valence-electron chi connectivity index (χ1n) is 3.41. The molecule has 11 heavy (non-hydrogen) atoms. The van der Waals surface area contributed by atoms with Crippen LogP contribution in [0.15, 0.2) is 10.6 Å². The van der Waals surface area contributed by atoms with E-state index in [4.69, 9.17) is 9.78 Å². The van der Waals surface area contributed by atoms with E-state index in [0.29, 0.717) is 0 Å². The molecule has 1 rings (SSSR count). The van der Waals surface area contributed by atoms with Gasteiger partial charge >= 0.3 is 0 Å². The van der Waals surface area contributed by atoms with Crippen LogP contribution in [0, 0.1) is 11.3 Å². The molecule has 0 atom stereocenters. The van der Waals surface area contributed by atoms with Crippen LogP contribution in [0.2, 0.25) is 0 Å². The molecule has 0 bridgehead atoms. The van der Waals surface area contributed by atoms with Crippen LogP contribution in [0.4, 0.5) is 0 Å². The summed E-state index contributed by atoms with van der Waals surface area (Å²) in [5.41, 5.74) is 0.771. The Kier molecular flexibility index (Phi) is 1.69. The van der Waals surface area contributed by atoms with Gasteiger partial charge in [0.1, 0.15) is 6.07 Å². The van der Waals surface area contributed by atoms with Gasteiger partial charge in [-0.3, -0.25) is 0 Å². The third kappa shape index (κ3) is 1.58. The monoisotopic (exact) mass is 150 g/mol. The summed E-state index contributed by atoms with van der Waals surface area (Å²) >= 11 is 0. The summed E-state index contributed by atoms with van der Waals surface area (Å²) in [6.07, 6.45) is 0. The minimum absolute atomic E-state index is 0.0431. The van der Waals surface area contributed by atoms with Gasteiger partial charge in [0.2, 0.25) is 5.76 Å². The predicted molar refractivity (Wildman–Crippen MR) is 39.9 cm³/mol. The molecule has 1 aromatic heterocycles. The lowest BCUT2D eigenvalue weighted by atomic mass is 9.92. The van der Waals surface area contributed by atoms with Crippen LogP contribution in [-0.2, 0) is 5.41 Å². The Hall–Kier alpha value is -1.30. The highest BCUT2D eigenvalue weighted by Crippen LogP contribution is 2.20. The molecule has 58 valence electrons. The lowest BCUT2D eigenvalue weighted by Crippen LogP contribution is -2.10. The van der Waals surface area contributed by atoms with Crippen molar-refractivity contribution in [1.82, 2.24) is 5.16 Å². The van der Waals surface area contributed by atoms with Gasteiger partial charge in [0.05, 0.1) is 5.69 Å². The molecule has 0 unspecified atom stereocenters. The summed E-state index contributed by atoms with van der Waals surface area (Å²) in [5, 5.41) is 12.2. The van der Waals surface area contributed by atoms with E-state index in [1.54, 1.807) is 6.07 Å². The molecular formula is C8H10N2O. The lowest BCUT2D eigenvalue weighted by molar-refractivity contribution is 0.385. The fourth-order valence-electron chi connectivity index (χ4n) is 0.681. The molecular weight excluding hydrogens is 140 g/mol. The Balaban J connectivity index is 3.01. The van der Waals surface area contributed by atoms with E-state index < -0.39 is 0 Å². The molecule has 0 fully saturated rings. The smallest absolute Gasteiger partial charge is 0.236 e. The van der Waals surface area contributed by atoms with Crippen LogP contribution in [-0.4, -0.2) is 5.16 Å². The fourth-order valence-corrected chi connectivity index (χ4v) is 0.681. The molecule has 3 nitrogen and oxygen atoms in total. The summed E-state index contributed by atoms with van der Waals surface area (Å²) < 4.78 is 4.73. The SMILES string of the molecule is CC(C)(C)c1cc(C#N)on1. The molecule has 1 aromatic rings. The van der Waals surface area contributed by atoms with E-state index in [-0.39, 0.29) is 11.2 Å². The number of nitrogens with zero attached hydrogens (tertiary/aromatic N) is 2.